The van der Waals surface area contributed by atoms with Crippen LogP contribution in [0.2, 0.25) is 0 Å². The fraction of sp³-hybridized carbons (Fsp3) is 0.290. The number of para-hydroxylation sites is 1. The second-order valence-corrected chi connectivity index (χ2v) is 10.5. The van der Waals surface area contributed by atoms with Crippen molar-refractivity contribution in [3.63, 3.8) is 0 Å². The van der Waals surface area contributed by atoms with Gasteiger partial charge in [-0.05, 0) is 42.8 Å². The second kappa shape index (κ2) is 13.4. The Bertz CT molecular complexity index is 1780. The van der Waals surface area contributed by atoms with E-state index in [-0.39, 0.29) is 12.1 Å². The number of carbonyl (C=O) groups excluding carboxylic acids is 2. The first-order chi connectivity index (χ1) is 21.6. The largest absolute Gasteiger partial charge is 0.383 e. The van der Waals surface area contributed by atoms with Crippen LogP contribution in [0.4, 0.5) is 19.4 Å². The molecule has 45 heavy (non-hydrogen) atoms. The molecule has 1 aliphatic heterocycles. The molecule has 12 nitrogen and oxygen atoms in total. The van der Waals surface area contributed by atoms with E-state index in [1.165, 1.54) is 30.8 Å². The van der Waals surface area contributed by atoms with Gasteiger partial charge in [-0.25, -0.2) is 18.3 Å². The number of urea groups is 1. The average Bonchev–Trinajstić information content (AvgIpc) is 3.58. The molecule has 1 aliphatic rings. The molecule has 1 saturated heterocycles. The number of carbonyl (C=O) groups is 2. The molecule has 14 heteroatoms. The summed E-state index contributed by atoms with van der Waals surface area (Å²) in [6, 6.07) is 12.8. The predicted molar refractivity (Wildman–Crippen MR) is 162 cm³/mol. The van der Waals surface area contributed by atoms with Gasteiger partial charge in [0.2, 0.25) is 0 Å². The van der Waals surface area contributed by atoms with Gasteiger partial charge in [0.1, 0.15) is 17.5 Å². The molecule has 0 spiro atoms. The van der Waals surface area contributed by atoms with Gasteiger partial charge in [0.05, 0.1) is 24.0 Å². The number of benzene rings is 2. The van der Waals surface area contributed by atoms with Crippen molar-refractivity contribution < 1.29 is 27.9 Å². The number of nitrogens with zero attached hydrogens (tertiary/aromatic N) is 4. The summed E-state index contributed by atoms with van der Waals surface area (Å²) in [5.41, 5.74) is 1.97. The van der Waals surface area contributed by atoms with Crippen LogP contribution in [0.1, 0.15) is 27.6 Å². The minimum absolute atomic E-state index is 0.0547. The van der Waals surface area contributed by atoms with Gasteiger partial charge in [-0.3, -0.25) is 19.7 Å². The van der Waals surface area contributed by atoms with Gasteiger partial charge < -0.3 is 19.9 Å². The third-order valence-electron chi connectivity index (χ3n) is 7.45. The van der Waals surface area contributed by atoms with Gasteiger partial charge in [0, 0.05) is 51.6 Å². The van der Waals surface area contributed by atoms with Crippen LogP contribution in [0.15, 0.2) is 65.6 Å². The zero-order chi connectivity index (χ0) is 32.2. The van der Waals surface area contributed by atoms with Crippen molar-refractivity contribution >= 4 is 17.8 Å². The number of pyridine rings is 1. The quantitative estimate of drug-likeness (QED) is 0.261. The first kappa shape index (κ1) is 31.5. The Hall–Kier alpha value is -4.92. The molecule has 3 heterocycles. The van der Waals surface area contributed by atoms with Crippen LogP contribution in [-0.4, -0.2) is 71.2 Å². The maximum absolute atomic E-state index is 14.1. The normalized spacial score (nSPS) is 16.5. The minimum atomic E-state index is -1.03. The Kier molecular flexibility index (Phi) is 9.37. The summed E-state index contributed by atoms with van der Waals surface area (Å²) in [6.45, 7) is 2.76. The fourth-order valence-electron chi connectivity index (χ4n) is 5.16. The summed E-state index contributed by atoms with van der Waals surface area (Å²) < 4.78 is 35.8. The van der Waals surface area contributed by atoms with Crippen molar-refractivity contribution in [1.29, 1.82) is 0 Å². The maximum Gasteiger partial charge on any atom is 0.320 e. The third kappa shape index (κ3) is 6.62. The Labute approximate surface area is 257 Å². The average molecular weight is 622 g/mol. The Morgan fingerprint density at radius 2 is 1.87 bits per heavy atom. The number of hydrogen-bond donors (Lipinski definition) is 3. The van der Waals surface area contributed by atoms with Gasteiger partial charge in [0.25, 0.3) is 11.5 Å². The van der Waals surface area contributed by atoms with Crippen molar-refractivity contribution in [2.45, 2.75) is 19.1 Å². The Balaban J connectivity index is 1.48. The highest BCUT2D eigenvalue weighted by Gasteiger charge is 2.37. The zero-order valence-electron chi connectivity index (χ0n) is 25.1. The summed E-state index contributed by atoms with van der Waals surface area (Å²) >= 11 is 0. The smallest absolute Gasteiger partial charge is 0.320 e. The van der Waals surface area contributed by atoms with E-state index in [9.17, 15) is 23.2 Å². The van der Waals surface area contributed by atoms with Crippen LogP contribution >= 0.6 is 0 Å². The highest BCUT2D eigenvalue weighted by atomic mass is 19.2. The van der Waals surface area contributed by atoms with Crippen LogP contribution in [-0.2, 0) is 16.6 Å². The zero-order valence-corrected chi connectivity index (χ0v) is 25.1. The van der Waals surface area contributed by atoms with E-state index in [4.69, 9.17) is 14.7 Å². The summed E-state index contributed by atoms with van der Waals surface area (Å²) in [5.74, 6) is -2.22. The lowest BCUT2D eigenvalue weighted by Crippen LogP contribution is -2.42. The molecular formula is C31H33F2N7O5. The SMILES string of the molecule is CNC(=O)c1cc(-c2nn(-c3ccccc3)c(NC(=O)N[C@@H]3CN(CCOC)O[C@H]3c3ccc(F)c(F)c3)c2C)cn(C)c1=O. The number of aryl methyl sites for hydroxylation is 1. The van der Waals surface area contributed by atoms with E-state index in [2.05, 4.69) is 16.0 Å². The molecule has 5 rings (SSSR count). The van der Waals surface area contributed by atoms with E-state index in [1.54, 1.807) is 30.0 Å². The minimum Gasteiger partial charge on any atom is -0.383 e. The van der Waals surface area contributed by atoms with Crippen LogP contribution in [0.25, 0.3) is 16.9 Å². The number of rotatable bonds is 9. The van der Waals surface area contributed by atoms with Crippen molar-refractivity contribution in [2.75, 3.05) is 39.2 Å². The molecule has 1 fully saturated rings. The Morgan fingerprint density at radius 1 is 1.11 bits per heavy atom. The molecule has 0 saturated carbocycles. The number of hydroxylamine groups is 2. The van der Waals surface area contributed by atoms with E-state index in [0.717, 1.165) is 12.1 Å². The van der Waals surface area contributed by atoms with Gasteiger partial charge in [-0.1, -0.05) is 24.3 Å². The molecule has 0 radical (unpaired) electrons. The molecule has 2 aromatic carbocycles. The van der Waals surface area contributed by atoms with E-state index >= 15 is 0 Å². The van der Waals surface area contributed by atoms with Crippen LogP contribution in [0, 0.1) is 18.6 Å². The highest BCUT2D eigenvalue weighted by Crippen LogP contribution is 2.32. The molecule has 3 N–H and O–H groups in total. The van der Waals surface area contributed by atoms with Gasteiger partial charge in [0.15, 0.2) is 11.6 Å². The number of methoxy groups -OCH3 is 1. The molecule has 236 valence electrons. The van der Waals surface area contributed by atoms with Crippen molar-refractivity contribution in [2.24, 2.45) is 7.05 Å². The van der Waals surface area contributed by atoms with Crippen molar-refractivity contribution in [3.05, 3.63) is 99.5 Å². The molecule has 2 atom stereocenters. The summed E-state index contributed by atoms with van der Waals surface area (Å²) in [7, 11) is 4.53. The maximum atomic E-state index is 14.1. The second-order valence-electron chi connectivity index (χ2n) is 10.5. The number of amides is 3. The predicted octanol–water partition coefficient (Wildman–Crippen LogP) is 3.31. The lowest BCUT2D eigenvalue weighted by Gasteiger charge is -2.20. The number of halogens is 2. The van der Waals surface area contributed by atoms with Crippen LogP contribution in [0.3, 0.4) is 0 Å². The van der Waals surface area contributed by atoms with Gasteiger partial charge >= 0.3 is 6.03 Å². The highest BCUT2D eigenvalue weighted by molar-refractivity contribution is 5.95. The molecular weight excluding hydrogens is 588 g/mol. The number of aromatic nitrogens is 3. The molecule has 0 aliphatic carbocycles. The number of nitrogens with one attached hydrogen (secondary N) is 3. The van der Waals surface area contributed by atoms with Crippen molar-refractivity contribution in [1.82, 2.24) is 30.0 Å². The lowest BCUT2D eigenvalue weighted by atomic mass is 10.0. The van der Waals surface area contributed by atoms with E-state index < -0.39 is 41.3 Å². The van der Waals surface area contributed by atoms with Gasteiger partial charge in [-0.15, -0.1) is 0 Å². The molecule has 0 bridgehead atoms. The summed E-state index contributed by atoms with van der Waals surface area (Å²) in [5, 5.41) is 14.6. The summed E-state index contributed by atoms with van der Waals surface area (Å²) in [6.07, 6.45) is 0.771. The number of ether oxygens (including phenoxy) is 1. The first-order valence-corrected chi connectivity index (χ1v) is 14.1. The number of hydrogen-bond acceptors (Lipinski definition) is 7. The number of anilines is 1. The van der Waals surface area contributed by atoms with E-state index in [0.29, 0.717) is 47.0 Å². The third-order valence-corrected chi connectivity index (χ3v) is 7.45. The monoisotopic (exact) mass is 621 g/mol. The summed E-state index contributed by atoms with van der Waals surface area (Å²) in [4.78, 5) is 44.6. The fourth-order valence-corrected chi connectivity index (χ4v) is 5.16. The van der Waals surface area contributed by atoms with E-state index in [1.807, 2.05) is 30.3 Å². The molecule has 0 unspecified atom stereocenters. The first-order valence-electron chi connectivity index (χ1n) is 14.1. The molecule has 4 aromatic rings. The molecule has 3 amide bonds. The topological polar surface area (TPSA) is 132 Å². The standard InChI is InChI=1S/C31H33F2N7O5/c1-18-26(20-14-22(29(41)34-2)30(42)38(3)16-20)37-40(21-8-6-5-7-9-21)28(18)36-31(43)35-25-17-39(12-13-44-4)45-27(25)19-10-11-23(32)24(33)15-19/h5-11,14-16,25,27H,12-13,17H2,1-4H3,(H,34,41)(H2,35,36,43)/t25-,27+/m1/s1. The Morgan fingerprint density at radius 3 is 2.56 bits per heavy atom. The van der Waals surface area contributed by atoms with Crippen LogP contribution in [0.5, 0.6) is 0 Å². The lowest BCUT2D eigenvalue weighted by molar-refractivity contribution is -0.154. The van der Waals surface area contributed by atoms with Gasteiger partial charge in [-0.2, -0.15) is 10.2 Å². The molecule has 2 aromatic heterocycles. The van der Waals surface area contributed by atoms with Crippen molar-refractivity contribution in [3.8, 4) is 16.9 Å². The van der Waals surface area contributed by atoms with Crippen LogP contribution < -0.4 is 21.5 Å².